The van der Waals surface area contributed by atoms with Gasteiger partial charge in [-0.25, -0.2) is 9.78 Å². The molecule has 0 aliphatic carbocycles. The summed E-state index contributed by atoms with van der Waals surface area (Å²) in [5, 5.41) is 26.1. The van der Waals surface area contributed by atoms with Gasteiger partial charge in [-0.05, 0) is 19.1 Å². The summed E-state index contributed by atoms with van der Waals surface area (Å²) in [4.78, 5) is 17.7. The first-order valence-electron chi connectivity index (χ1n) is 6.79. The lowest BCUT2D eigenvalue weighted by molar-refractivity contribution is 0.0693. The minimum atomic E-state index is -1.22. The average Bonchev–Trinajstić information content (AvgIpc) is 2.95. The zero-order valence-electron chi connectivity index (χ0n) is 12.4. The second-order valence-corrected chi connectivity index (χ2v) is 4.79. The van der Waals surface area contributed by atoms with Crippen molar-refractivity contribution in [2.45, 2.75) is 6.92 Å². The molecule has 2 aromatic carbocycles. The first kappa shape index (κ1) is 16.1. The monoisotopic (exact) mass is 312 g/mol. The van der Waals surface area contributed by atoms with Crippen molar-refractivity contribution in [3.05, 3.63) is 66.0 Å². The molecule has 0 fully saturated rings. The number of carboxylic acid groups (broad SMARTS) is 1. The van der Waals surface area contributed by atoms with Crippen molar-refractivity contribution in [1.82, 2.24) is 9.97 Å². The van der Waals surface area contributed by atoms with Crippen LogP contribution in [0.1, 0.15) is 16.1 Å². The van der Waals surface area contributed by atoms with E-state index in [9.17, 15) is 4.79 Å². The maximum atomic E-state index is 10.3. The molecule has 0 unspecified atom stereocenters. The molecular weight excluding hydrogens is 296 g/mol. The number of rotatable bonds is 2. The third-order valence-corrected chi connectivity index (χ3v) is 2.96. The first-order chi connectivity index (χ1) is 11.0. The molecule has 1 heterocycles. The van der Waals surface area contributed by atoms with Crippen LogP contribution in [-0.4, -0.2) is 31.3 Å². The fraction of sp³-hybridized carbons (Fsp3) is 0.0588. The van der Waals surface area contributed by atoms with E-state index in [1.165, 1.54) is 6.07 Å². The van der Waals surface area contributed by atoms with Gasteiger partial charge in [-0.2, -0.15) is 0 Å². The highest BCUT2D eigenvalue weighted by atomic mass is 16.4. The van der Waals surface area contributed by atoms with Crippen LogP contribution < -0.4 is 0 Å². The molecule has 0 radical (unpaired) electrons. The number of aromatic hydroxyl groups is 2. The molecule has 3 aromatic rings. The van der Waals surface area contributed by atoms with Gasteiger partial charge in [-0.1, -0.05) is 30.3 Å². The quantitative estimate of drug-likeness (QED) is 0.581. The molecule has 0 aliphatic heterocycles. The molecule has 4 N–H and O–H groups in total. The summed E-state index contributed by atoms with van der Waals surface area (Å²) in [6.45, 7) is 2.00. The Morgan fingerprint density at radius 3 is 2.30 bits per heavy atom. The number of carboxylic acids is 1. The van der Waals surface area contributed by atoms with Crippen LogP contribution in [0.5, 0.6) is 11.5 Å². The maximum absolute atomic E-state index is 10.3. The van der Waals surface area contributed by atoms with Gasteiger partial charge in [0.05, 0.1) is 0 Å². The minimum absolute atomic E-state index is 0.160. The number of aromatic nitrogens is 2. The van der Waals surface area contributed by atoms with Crippen molar-refractivity contribution >= 4 is 5.97 Å². The van der Waals surface area contributed by atoms with Gasteiger partial charge in [0.2, 0.25) is 0 Å². The Bertz CT molecular complexity index is 797. The summed E-state index contributed by atoms with van der Waals surface area (Å²) in [6.07, 6.45) is 1.84. The second kappa shape index (κ2) is 7.13. The summed E-state index contributed by atoms with van der Waals surface area (Å²) < 4.78 is 0. The number of aryl methyl sites for hydroxylation is 1. The molecule has 0 amide bonds. The molecule has 0 spiro atoms. The van der Waals surface area contributed by atoms with E-state index in [1.54, 1.807) is 0 Å². The Kier molecular flexibility index (Phi) is 4.99. The number of aromatic carboxylic acids is 1. The van der Waals surface area contributed by atoms with E-state index >= 15 is 0 Å². The number of nitrogens with one attached hydrogen (secondary N) is 1. The van der Waals surface area contributed by atoms with Gasteiger partial charge in [-0.15, -0.1) is 0 Å². The fourth-order valence-corrected chi connectivity index (χ4v) is 1.86. The standard InChI is InChI=1S/C10H10N2.C7H6O4/c1-8-7-11-10(12-8)9-5-3-2-4-6-9;8-4-1-2-5(7(10)11)6(9)3-4/h2-7H,1H3,(H,11,12);1-3,8-9H,(H,10,11). The fourth-order valence-electron chi connectivity index (χ4n) is 1.86. The van der Waals surface area contributed by atoms with E-state index < -0.39 is 11.7 Å². The molecule has 0 atom stereocenters. The van der Waals surface area contributed by atoms with Gasteiger partial charge in [0, 0.05) is 23.5 Å². The molecular formula is C17H16N2O4. The first-order valence-corrected chi connectivity index (χ1v) is 6.79. The van der Waals surface area contributed by atoms with Crippen LogP contribution in [0, 0.1) is 6.92 Å². The van der Waals surface area contributed by atoms with Crippen LogP contribution in [0.3, 0.4) is 0 Å². The van der Waals surface area contributed by atoms with Crippen LogP contribution in [0.25, 0.3) is 11.4 Å². The molecule has 6 heteroatoms. The van der Waals surface area contributed by atoms with E-state index in [2.05, 4.69) is 9.97 Å². The van der Waals surface area contributed by atoms with E-state index in [4.69, 9.17) is 15.3 Å². The predicted molar refractivity (Wildman–Crippen MR) is 85.5 cm³/mol. The van der Waals surface area contributed by atoms with Crippen LogP contribution in [-0.2, 0) is 0 Å². The van der Waals surface area contributed by atoms with Crippen molar-refractivity contribution in [2.75, 3.05) is 0 Å². The number of benzene rings is 2. The number of phenols is 2. The average molecular weight is 312 g/mol. The zero-order valence-corrected chi connectivity index (χ0v) is 12.4. The second-order valence-electron chi connectivity index (χ2n) is 4.79. The number of imidazole rings is 1. The van der Waals surface area contributed by atoms with E-state index in [-0.39, 0.29) is 11.3 Å². The maximum Gasteiger partial charge on any atom is 0.339 e. The molecule has 0 aliphatic rings. The Morgan fingerprint density at radius 1 is 1.09 bits per heavy atom. The van der Waals surface area contributed by atoms with Crippen LogP contribution in [0.15, 0.2) is 54.7 Å². The number of hydrogen-bond donors (Lipinski definition) is 4. The van der Waals surface area contributed by atoms with Gasteiger partial charge in [0.15, 0.2) is 0 Å². The molecule has 118 valence electrons. The van der Waals surface area contributed by atoms with Gasteiger partial charge in [-0.3, -0.25) is 0 Å². The number of phenolic OH excluding ortho intramolecular Hbond substituents is 1. The lowest BCUT2D eigenvalue weighted by atomic mass is 10.2. The molecule has 0 saturated carbocycles. The third-order valence-electron chi connectivity index (χ3n) is 2.96. The smallest absolute Gasteiger partial charge is 0.339 e. The lowest BCUT2D eigenvalue weighted by Crippen LogP contribution is -1.95. The van der Waals surface area contributed by atoms with Crippen LogP contribution >= 0.6 is 0 Å². The Balaban J connectivity index is 0.000000168. The predicted octanol–water partition coefficient (Wildman–Crippen LogP) is 3.18. The summed E-state index contributed by atoms with van der Waals surface area (Å²) in [5.74, 6) is -0.874. The topological polar surface area (TPSA) is 106 Å². The Morgan fingerprint density at radius 2 is 1.78 bits per heavy atom. The van der Waals surface area contributed by atoms with Crippen molar-refractivity contribution in [2.24, 2.45) is 0 Å². The molecule has 6 nitrogen and oxygen atoms in total. The largest absolute Gasteiger partial charge is 0.508 e. The third kappa shape index (κ3) is 4.34. The summed E-state index contributed by atoms with van der Waals surface area (Å²) >= 11 is 0. The van der Waals surface area contributed by atoms with Gasteiger partial charge in [0.25, 0.3) is 0 Å². The Labute approximate surface area is 132 Å². The van der Waals surface area contributed by atoms with Crippen molar-refractivity contribution in [3.63, 3.8) is 0 Å². The van der Waals surface area contributed by atoms with Crippen LogP contribution in [0.4, 0.5) is 0 Å². The number of aromatic amines is 1. The molecule has 1 aromatic heterocycles. The van der Waals surface area contributed by atoms with Crippen LogP contribution in [0.2, 0.25) is 0 Å². The van der Waals surface area contributed by atoms with Gasteiger partial charge < -0.3 is 20.3 Å². The minimum Gasteiger partial charge on any atom is -0.508 e. The highest BCUT2D eigenvalue weighted by molar-refractivity contribution is 5.90. The van der Waals surface area contributed by atoms with Crippen molar-refractivity contribution in [1.29, 1.82) is 0 Å². The highest BCUT2D eigenvalue weighted by Gasteiger charge is 2.08. The number of carbonyl (C=O) groups is 1. The number of H-pyrrole nitrogens is 1. The molecule has 0 bridgehead atoms. The van der Waals surface area contributed by atoms with Crippen molar-refractivity contribution in [3.8, 4) is 22.9 Å². The van der Waals surface area contributed by atoms with Gasteiger partial charge >= 0.3 is 5.97 Å². The molecule has 3 rings (SSSR count). The summed E-state index contributed by atoms with van der Waals surface area (Å²) in [6, 6.07) is 13.4. The molecule has 0 saturated heterocycles. The van der Waals surface area contributed by atoms with Crippen molar-refractivity contribution < 1.29 is 20.1 Å². The number of hydrogen-bond acceptors (Lipinski definition) is 4. The highest BCUT2D eigenvalue weighted by Crippen LogP contribution is 2.21. The zero-order chi connectivity index (χ0) is 16.8. The van der Waals surface area contributed by atoms with E-state index in [0.717, 1.165) is 29.2 Å². The lowest BCUT2D eigenvalue weighted by Gasteiger charge is -1.97. The molecule has 23 heavy (non-hydrogen) atoms. The Hall–Kier alpha value is -3.28. The SMILES string of the molecule is Cc1cnc(-c2ccccc2)[nH]1.O=C(O)c1ccc(O)cc1O. The normalized spacial score (nSPS) is 9.78. The number of nitrogens with zero attached hydrogens (tertiary/aromatic N) is 1. The van der Waals surface area contributed by atoms with Gasteiger partial charge in [0.1, 0.15) is 22.9 Å². The van der Waals surface area contributed by atoms with E-state index in [0.29, 0.717) is 0 Å². The van der Waals surface area contributed by atoms with E-state index in [1.807, 2.05) is 43.5 Å². The summed E-state index contributed by atoms with van der Waals surface area (Å²) in [5.41, 5.74) is 2.00. The summed E-state index contributed by atoms with van der Waals surface area (Å²) in [7, 11) is 0.